The van der Waals surface area contributed by atoms with Crippen LogP contribution in [0.2, 0.25) is 0 Å². The van der Waals surface area contributed by atoms with E-state index in [4.69, 9.17) is 15.2 Å². The maximum atomic E-state index is 5.95. The van der Waals surface area contributed by atoms with E-state index in [1.54, 1.807) is 7.11 Å². The van der Waals surface area contributed by atoms with Gasteiger partial charge in [0.1, 0.15) is 6.61 Å². The Kier molecular flexibility index (Phi) is 6.29. The van der Waals surface area contributed by atoms with E-state index < -0.39 is 0 Å². The Morgan fingerprint density at radius 3 is 2.72 bits per heavy atom. The molecule has 1 aromatic rings. The number of hydrogen-bond acceptors (Lipinski definition) is 3. The minimum absolute atomic E-state index is 0.199. The highest BCUT2D eigenvalue weighted by Crippen LogP contribution is 2.28. The molecule has 0 aromatic heterocycles. The molecule has 0 aliphatic rings. The van der Waals surface area contributed by atoms with Crippen LogP contribution in [0, 0.1) is 0 Å². The molecule has 1 atom stereocenters. The first kappa shape index (κ1) is 14.6. The van der Waals surface area contributed by atoms with Gasteiger partial charge in [0.05, 0.1) is 7.11 Å². The van der Waals surface area contributed by atoms with Gasteiger partial charge in [0.2, 0.25) is 0 Å². The average molecular weight is 249 g/mol. The number of benzene rings is 1. The molecule has 0 amide bonds. The minimum Gasteiger partial charge on any atom is -0.493 e. The molecular weight excluding hydrogens is 226 g/mol. The molecule has 0 spiro atoms. The van der Waals surface area contributed by atoms with Crippen molar-refractivity contribution in [2.75, 3.05) is 13.7 Å². The maximum absolute atomic E-state index is 5.95. The minimum atomic E-state index is 0.199. The summed E-state index contributed by atoms with van der Waals surface area (Å²) in [6.07, 6.45) is 5.76. The Labute approximate surface area is 110 Å². The van der Waals surface area contributed by atoms with Crippen LogP contribution < -0.4 is 15.2 Å². The summed E-state index contributed by atoms with van der Waals surface area (Å²) in [4.78, 5) is 0. The molecule has 3 heteroatoms. The van der Waals surface area contributed by atoms with Gasteiger partial charge >= 0.3 is 0 Å². The molecule has 0 saturated carbocycles. The fraction of sp³-hybridized carbons (Fsp3) is 0.467. The van der Waals surface area contributed by atoms with Crippen molar-refractivity contribution in [2.45, 2.75) is 32.7 Å². The Morgan fingerprint density at radius 1 is 1.33 bits per heavy atom. The molecule has 0 bridgehead atoms. The second kappa shape index (κ2) is 7.77. The van der Waals surface area contributed by atoms with Crippen LogP contribution in [0.3, 0.4) is 0 Å². The van der Waals surface area contributed by atoms with Crippen molar-refractivity contribution < 1.29 is 9.47 Å². The normalized spacial score (nSPS) is 12.7. The monoisotopic (exact) mass is 249 g/mol. The molecule has 2 N–H and O–H groups in total. The third-order valence-electron chi connectivity index (χ3n) is 2.82. The van der Waals surface area contributed by atoms with Crippen LogP contribution in [0.25, 0.3) is 0 Å². The molecule has 0 saturated heterocycles. The molecule has 1 rings (SSSR count). The fourth-order valence-electron chi connectivity index (χ4n) is 1.64. The summed E-state index contributed by atoms with van der Waals surface area (Å²) in [6, 6.07) is 6.19. The van der Waals surface area contributed by atoms with Gasteiger partial charge in [-0.1, -0.05) is 25.1 Å². The molecule has 1 aromatic carbocycles. The molecule has 1 unspecified atom stereocenters. The largest absolute Gasteiger partial charge is 0.493 e. The van der Waals surface area contributed by atoms with E-state index in [1.165, 1.54) is 5.56 Å². The van der Waals surface area contributed by atoms with Gasteiger partial charge in [0.25, 0.3) is 0 Å². The van der Waals surface area contributed by atoms with Gasteiger partial charge in [-0.25, -0.2) is 0 Å². The summed E-state index contributed by atoms with van der Waals surface area (Å²) >= 11 is 0. The number of hydrogen-bond donors (Lipinski definition) is 1. The van der Waals surface area contributed by atoms with Gasteiger partial charge in [0, 0.05) is 6.04 Å². The zero-order valence-corrected chi connectivity index (χ0v) is 11.5. The quantitative estimate of drug-likeness (QED) is 0.756. The lowest BCUT2D eigenvalue weighted by Gasteiger charge is -2.13. The molecule has 0 fully saturated rings. The first-order valence-electron chi connectivity index (χ1n) is 6.37. The van der Waals surface area contributed by atoms with Crippen molar-refractivity contribution in [3.05, 3.63) is 35.9 Å². The number of ether oxygens (including phenoxy) is 2. The van der Waals surface area contributed by atoms with Gasteiger partial charge in [-0.2, -0.15) is 0 Å². The fourth-order valence-corrected chi connectivity index (χ4v) is 1.64. The highest BCUT2D eigenvalue weighted by Gasteiger charge is 2.07. The lowest BCUT2D eigenvalue weighted by molar-refractivity contribution is 0.326. The van der Waals surface area contributed by atoms with Crippen LogP contribution in [0.4, 0.5) is 0 Å². The predicted molar refractivity (Wildman–Crippen MR) is 75.3 cm³/mol. The van der Waals surface area contributed by atoms with E-state index >= 15 is 0 Å². The second-order valence-electron chi connectivity index (χ2n) is 4.24. The third-order valence-corrected chi connectivity index (χ3v) is 2.82. The summed E-state index contributed by atoms with van der Waals surface area (Å²) in [6.45, 7) is 4.62. The van der Waals surface area contributed by atoms with Crippen molar-refractivity contribution in [1.82, 2.24) is 0 Å². The van der Waals surface area contributed by atoms with E-state index in [1.807, 2.05) is 37.3 Å². The van der Waals surface area contributed by atoms with E-state index in [-0.39, 0.29) is 6.04 Å². The topological polar surface area (TPSA) is 44.5 Å². The Hall–Kier alpha value is -1.48. The molecule has 3 nitrogen and oxygen atoms in total. The highest BCUT2D eigenvalue weighted by molar-refractivity contribution is 5.43. The van der Waals surface area contributed by atoms with Crippen molar-refractivity contribution in [3.63, 3.8) is 0 Å². The second-order valence-corrected chi connectivity index (χ2v) is 4.24. The zero-order chi connectivity index (χ0) is 13.4. The predicted octanol–water partition coefficient (Wildman–Crippen LogP) is 2.93. The SMILES string of the molecule is C/C=C/COc1ccc(CC(N)CC)cc1OC. The first-order valence-corrected chi connectivity index (χ1v) is 6.37. The van der Waals surface area contributed by atoms with Crippen LogP contribution in [0.15, 0.2) is 30.4 Å². The Bertz CT molecular complexity index is 388. The number of allylic oxidation sites excluding steroid dienone is 1. The molecule has 0 heterocycles. The van der Waals surface area contributed by atoms with Gasteiger partial charge in [-0.05, 0) is 37.5 Å². The number of nitrogens with two attached hydrogens (primary N) is 1. The van der Waals surface area contributed by atoms with Crippen LogP contribution in [-0.4, -0.2) is 19.8 Å². The van der Waals surface area contributed by atoms with Crippen LogP contribution in [-0.2, 0) is 6.42 Å². The van der Waals surface area contributed by atoms with E-state index in [0.717, 1.165) is 24.3 Å². The molecular formula is C15H23NO2. The first-order chi connectivity index (χ1) is 8.71. The van der Waals surface area contributed by atoms with Crippen LogP contribution >= 0.6 is 0 Å². The highest BCUT2D eigenvalue weighted by atomic mass is 16.5. The summed E-state index contributed by atoms with van der Waals surface area (Å²) in [5.74, 6) is 1.53. The van der Waals surface area contributed by atoms with E-state index in [0.29, 0.717) is 6.61 Å². The molecule has 0 aliphatic carbocycles. The van der Waals surface area contributed by atoms with Crippen LogP contribution in [0.5, 0.6) is 11.5 Å². The number of methoxy groups -OCH3 is 1. The summed E-state index contributed by atoms with van der Waals surface area (Å²) in [7, 11) is 1.65. The average Bonchev–Trinajstić information content (AvgIpc) is 2.40. The van der Waals surface area contributed by atoms with E-state index in [2.05, 4.69) is 6.92 Å². The Morgan fingerprint density at radius 2 is 2.11 bits per heavy atom. The van der Waals surface area contributed by atoms with Gasteiger partial charge in [-0.3, -0.25) is 0 Å². The van der Waals surface area contributed by atoms with Gasteiger partial charge < -0.3 is 15.2 Å². The van der Waals surface area contributed by atoms with Crippen molar-refractivity contribution in [3.8, 4) is 11.5 Å². The summed E-state index contributed by atoms with van der Waals surface area (Å²) < 4.78 is 11.0. The maximum Gasteiger partial charge on any atom is 0.161 e. The van der Waals surface area contributed by atoms with Gasteiger partial charge in [0.15, 0.2) is 11.5 Å². The number of rotatable bonds is 7. The van der Waals surface area contributed by atoms with Crippen molar-refractivity contribution >= 4 is 0 Å². The molecule has 0 aliphatic heterocycles. The molecule has 0 radical (unpaired) electrons. The standard InChI is InChI=1S/C15H23NO2/c1-4-6-9-18-14-8-7-12(10-13(16)5-2)11-15(14)17-3/h4,6-8,11,13H,5,9-10,16H2,1-3H3/b6-4+. The zero-order valence-electron chi connectivity index (χ0n) is 11.5. The van der Waals surface area contributed by atoms with Gasteiger partial charge in [-0.15, -0.1) is 0 Å². The van der Waals surface area contributed by atoms with E-state index in [9.17, 15) is 0 Å². The van der Waals surface area contributed by atoms with Crippen LogP contribution in [0.1, 0.15) is 25.8 Å². The summed E-state index contributed by atoms with van der Waals surface area (Å²) in [5.41, 5.74) is 7.13. The smallest absolute Gasteiger partial charge is 0.161 e. The lowest BCUT2D eigenvalue weighted by Crippen LogP contribution is -2.21. The lowest BCUT2D eigenvalue weighted by atomic mass is 10.0. The van der Waals surface area contributed by atoms with Crippen molar-refractivity contribution in [2.24, 2.45) is 5.73 Å². The summed E-state index contributed by atoms with van der Waals surface area (Å²) in [5, 5.41) is 0. The molecule has 18 heavy (non-hydrogen) atoms. The third kappa shape index (κ3) is 4.41. The van der Waals surface area contributed by atoms with Crippen molar-refractivity contribution in [1.29, 1.82) is 0 Å². The molecule has 100 valence electrons. The Balaban J connectivity index is 2.76.